The van der Waals surface area contributed by atoms with Crippen molar-refractivity contribution in [2.75, 3.05) is 6.54 Å². The monoisotopic (exact) mass is 802 g/mol. The Labute approximate surface area is 358 Å². The van der Waals surface area contributed by atoms with Gasteiger partial charge in [-0.25, -0.2) is 0 Å². The molecule has 0 aliphatic carbocycles. The predicted molar refractivity (Wildman–Crippen MR) is 252 cm³/mol. The fraction of sp³-hybridized carbons (Fsp3) is 0.925. The highest BCUT2D eigenvalue weighted by Gasteiger charge is 2.07. The van der Waals surface area contributed by atoms with Gasteiger partial charge in [-0.05, 0) is 51.4 Å². The van der Waals surface area contributed by atoms with Crippen molar-refractivity contribution in [3.05, 3.63) is 12.2 Å². The Morgan fingerprint density at radius 1 is 0.386 bits per heavy atom. The number of ketones is 1. The van der Waals surface area contributed by atoms with Crippen molar-refractivity contribution in [2.24, 2.45) is 0 Å². The number of carbonyl (C=O) groups is 2. The van der Waals surface area contributed by atoms with Crippen LogP contribution in [0.1, 0.15) is 303 Å². The van der Waals surface area contributed by atoms with E-state index in [-0.39, 0.29) is 5.91 Å². The van der Waals surface area contributed by atoms with Crippen LogP contribution in [0.2, 0.25) is 0 Å². The molecule has 0 spiro atoms. The second kappa shape index (κ2) is 49.2. The summed E-state index contributed by atoms with van der Waals surface area (Å²) in [5.41, 5.74) is 0. The van der Waals surface area contributed by atoms with Gasteiger partial charge in [-0.1, -0.05) is 244 Å². The molecule has 57 heavy (non-hydrogen) atoms. The number of hydrogen-bond donors (Lipinski definition) is 2. The van der Waals surface area contributed by atoms with Crippen LogP contribution >= 0.6 is 0 Å². The predicted octanol–water partition coefficient (Wildman–Crippen LogP) is 17.2. The van der Waals surface area contributed by atoms with E-state index < -0.39 is 6.10 Å². The standard InChI is InChI=1S/C53H103NO3/c1-3-5-7-9-11-13-15-17-19-21-23-28-32-36-40-44-48-52(56)50-54-53(57)49-45-41-37-33-29-25-24-27-31-35-39-43-47-51(55)46-42-38-34-30-26-22-20-18-16-14-12-10-8-6-4-2/h18,20,52,56H,3-17,19,21-50H2,1-2H3,(H,54,57)/t52-/m0/s1. The lowest BCUT2D eigenvalue weighted by Crippen LogP contribution is -2.31. The van der Waals surface area contributed by atoms with Crippen LogP contribution in [0, 0.1) is 0 Å². The highest BCUT2D eigenvalue weighted by atomic mass is 16.3. The SMILES string of the molecule is CCCCCCCCC=CCCCCCCCC(=O)CCCCCCCCCCCCCCC(=O)NC[C@@H](O)CCCCCCCCCCCCCCCCCC. The summed E-state index contributed by atoms with van der Waals surface area (Å²) >= 11 is 0. The Balaban J connectivity index is 3.31. The topological polar surface area (TPSA) is 66.4 Å². The Bertz CT molecular complexity index is 825. The fourth-order valence-electron chi connectivity index (χ4n) is 8.24. The summed E-state index contributed by atoms with van der Waals surface area (Å²) in [4.78, 5) is 24.4. The third-order valence-corrected chi connectivity index (χ3v) is 12.3. The van der Waals surface area contributed by atoms with Crippen LogP contribution in [0.15, 0.2) is 12.2 Å². The average Bonchev–Trinajstić information content (AvgIpc) is 3.21. The van der Waals surface area contributed by atoms with E-state index in [1.54, 1.807) is 0 Å². The number of hydrogen-bond acceptors (Lipinski definition) is 3. The van der Waals surface area contributed by atoms with Gasteiger partial charge >= 0.3 is 0 Å². The van der Waals surface area contributed by atoms with Crippen molar-refractivity contribution in [1.29, 1.82) is 0 Å². The lowest BCUT2D eigenvalue weighted by molar-refractivity contribution is -0.121. The summed E-state index contributed by atoms with van der Waals surface area (Å²) in [7, 11) is 0. The van der Waals surface area contributed by atoms with Crippen molar-refractivity contribution in [3.8, 4) is 0 Å². The molecule has 0 saturated heterocycles. The Hall–Kier alpha value is -1.16. The number of carbonyl (C=O) groups excluding carboxylic acids is 2. The van der Waals surface area contributed by atoms with Crippen molar-refractivity contribution in [2.45, 2.75) is 309 Å². The summed E-state index contributed by atoms with van der Waals surface area (Å²) < 4.78 is 0. The van der Waals surface area contributed by atoms with Crippen LogP contribution in [0.4, 0.5) is 0 Å². The molecular formula is C53H103NO3. The highest BCUT2D eigenvalue weighted by Crippen LogP contribution is 2.17. The molecule has 0 fully saturated rings. The number of nitrogens with one attached hydrogen (secondary N) is 1. The molecule has 4 nitrogen and oxygen atoms in total. The number of aliphatic hydroxyl groups excluding tert-OH is 1. The first kappa shape index (κ1) is 55.8. The smallest absolute Gasteiger partial charge is 0.220 e. The van der Waals surface area contributed by atoms with Gasteiger partial charge in [0.2, 0.25) is 5.91 Å². The third kappa shape index (κ3) is 49.1. The van der Waals surface area contributed by atoms with Gasteiger partial charge in [-0.3, -0.25) is 9.59 Å². The Kier molecular flexibility index (Phi) is 48.2. The number of allylic oxidation sites excluding steroid dienone is 2. The zero-order chi connectivity index (χ0) is 41.4. The highest BCUT2D eigenvalue weighted by molar-refractivity contribution is 5.78. The summed E-state index contributed by atoms with van der Waals surface area (Å²) in [5, 5.41) is 13.2. The van der Waals surface area contributed by atoms with Gasteiger partial charge in [0.1, 0.15) is 5.78 Å². The molecule has 338 valence electrons. The summed E-state index contributed by atoms with van der Waals surface area (Å²) in [6.45, 7) is 4.98. The van der Waals surface area contributed by atoms with Crippen LogP contribution in [-0.2, 0) is 9.59 Å². The van der Waals surface area contributed by atoms with E-state index >= 15 is 0 Å². The molecule has 0 heterocycles. The molecule has 0 aliphatic heterocycles. The van der Waals surface area contributed by atoms with E-state index in [9.17, 15) is 14.7 Å². The Morgan fingerprint density at radius 2 is 0.667 bits per heavy atom. The zero-order valence-electron chi connectivity index (χ0n) is 39.0. The van der Waals surface area contributed by atoms with Crippen molar-refractivity contribution in [1.82, 2.24) is 5.32 Å². The second-order valence-electron chi connectivity index (χ2n) is 18.2. The van der Waals surface area contributed by atoms with E-state index in [1.807, 2.05) is 0 Å². The summed E-state index contributed by atoms with van der Waals surface area (Å²) in [6.07, 6.45) is 60.9. The summed E-state index contributed by atoms with van der Waals surface area (Å²) in [6, 6.07) is 0. The van der Waals surface area contributed by atoms with E-state index in [1.165, 1.54) is 231 Å². The minimum atomic E-state index is -0.401. The largest absolute Gasteiger partial charge is 0.391 e. The minimum Gasteiger partial charge on any atom is -0.391 e. The molecule has 0 saturated carbocycles. The maximum Gasteiger partial charge on any atom is 0.220 e. The molecule has 0 aromatic heterocycles. The van der Waals surface area contributed by atoms with E-state index in [0.717, 1.165) is 51.4 Å². The lowest BCUT2D eigenvalue weighted by atomic mass is 10.0. The second-order valence-corrected chi connectivity index (χ2v) is 18.2. The van der Waals surface area contributed by atoms with Gasteiger partial charge in [-0.15, -0.1) is 0 Å². The maximum atomic E-state index is 12.2. The van der Waals surface area contributed by atoms with E-state index in [4.69, 9.17) is 0 Å². The van der Waals surface area contributed by atoms with Gasteiger partial charge in [0.15, 0.2) is 0 Å². The molecule has 1 amide bonds. The molecule has 2 N–H and O–H groups in total. The van der Waals surface area contributed by atoms with Gasteiger partial charge in [0, 0.05) is 25.8 Å². The number of amides is 1. The average molecular weight is 802 g/mol. The molecule has 0 aromatic carbocycles. The molecule has 4 heteroatoms. The third-order valence-electron chi connectivity index (χ3n) is 12.3. The first-order valence-electron chi connectivity index (χ1n) is 26.2. The molecule has 0 unspecified atom stereocenters. The Morgan fingerprint density at radius 3 is 1.02 bits per heavy atom. The van der Waals surface area contributed by atoms with Gasteiger partial charge < -0.3 is 10.4 Å². The van der Waals surface area contributed by atoms with Crippen LogP contribution in [0.3, 0.4) is 0 Å². The molecule has 0 aliphatic rings. The molecule has 0 bridgehead atoms. The quantitative estimate of drug-likeness (QED) is 0.0476. The number of aliphatic hydroxyl groups is 1. The number of unbranched alkanes of at least 4 members (excludes halogenated alkanes) is 37. The van der Waals surface area contributed by atoms with E-state index in [0.29, 0.717) is 18.7 Å². The molecule has 0 rings (SSSR count). The van der Waals surface area contributed by atoms with Gasteiger partial charge in [0.25, 0.3) is 0 Å². The number of Topliss-reactive ketones (excluding diaryl/α,β-unsaturated/α-hetero) is 1. The lowest BCUT2D eigenvalue weighted by Gasteiger charge is -2.12. The molecular weight excluding hydrogens is 699 g/mol. The van der Waals surface area contributed by atoms with Gasteiger partial charge in [0.05, 0.1) is 6.10 Å². The summed E-state index contributed by atoms with van der Waals surface area (Å²) in [5.74, 6) is 0.590. The first-order valence-corrected chi connectivity index (χ1v) is 26.2. The molecule has 0 aromatic rings. The van der Waals surface area contributed by atoms with Crippen LogP contribution in [0.5, 0.6) is 0 Å². The van der Waals surface area contributed by atoms with E-state index in [2.05, 4.69) is 31.3 Å². The van der Waals surface area contributed by atoms with Gasteiger partial charge in [-0.2, -0.15) is 0 Å². The minimum absolute atomic E-state index is 0.101. The zero-order valence-corrected chi connectivity index (χ0v) is 39.0. The van der Waals surface area contributed by atoms with Crippen molar-refractivity contribution < 1.29 is 14.7 Å². The van der Waals surface area contributed by atoms with Crippen LogP contribution < -0.4 is 5.32 Å². The number of rotatable bonds is 49. The van der Waals surface area contributed by atoms with Crippen LogP contribution in [0.25, 0.3) is 0 Å². The molecule has 1 atom stereocenters. The first-order chi connectivity index (χ1) is 28.1. The van der Waals surface area contributed by atoms with Crippen LogP contribution in [-0.4, -0.2) is 29.4 Å². The van der Waals surface area contributed by atoms with Crippen molar-refractivity contribution in [3.63, 3.8) is 0 Å². The maximum absolute atomic E-state index is 12.2. The van der Waals surface area contributed by atoms with Crippen molar-refractivity contribution >= 4 is 11.7 Å². The normalized spacial score (nSPS) is 12.2. The fourth-order valence-corrected chi connectivity index (χ4v) is 8.24. The molecule has 0 radical (unpaired) electrons.